The van der Waals surface area contributed by atoms with E-state index in [2.05, 4.69) is 6.92 Å². The number of benzene rings is 2. The van der Waals surface area contributed by atoms with Crippen molar-refractivity contribution in [2.45, 2.75) is 0 Å². The molecule has 0 saturated carbocycles. The topological polar surface area (TPSA) is 0 Å². The van der Waals surface area contributed by atoms with Crippen molar-refractivity contribution >= 4 is 0 Å². The van der Waals surface area contributed by atoms with Crippen LogP contribution in [0.25, 0.3) is 11.1 Å². The van der Waals surface area contributed by atoms with Crippen LogP contribution in [0, 0.1) is 18.6 Å². The van der Waals surface area contributed by atoms with Crippen LogP contribution in [0.3, 0.4) is 0 Å². The molecule has 0 heterocycles. The minimum absolute atomic E-state index is 0.274. The van der Waals surface area contributed by atoms with Gasteiger partial charge < -0.3 is 0 Å². The molecule has 0 aliphatic carbocycles. The van der Waals surface area contributed by atoms with Crippen molar-refractivity contribution in [2.24, 2.45) is 0 Å². The van der Waals surface area contributed by atoms with Crippen molar-refractivity contribution in [3.8, 4) is 11.1 Å². The summed E-state index contributed by atoms with van der Waals surface area (Å²) in [5.41, 5.74) is 1.37. The van der Waals surface area contributed by atoms with E-state index in [0.29, 0.717) is 11.1 Å². The molecule has 0 fully saturated rings. The predicted octanol–water partition coefficient (Wildman–Crippen LogP) is 3.81. The Morgan fingerprint density at radius 2 is 1.60 bits per heavy atom. The van der Waals surface area contributed by atoms with E-state index >= 15 is 0 Å². The van der Waals surface area contributed by atoms with E-state index in [4.69, 9.17) is 0 Å². The van der Waals surface area contributed by atoms with Gasteiger partial charge in [0.25, 0.3) is 0 Å². The van der Waals surface area contributed by atoms with Gasteiger partial charge in [-0.25, -0.2) is 8.78 Å². The first-order chi connectivity index (χ1) is 7.18. The summed E-state index contributed by atoms with van der Waals surface area (Å²) in [6, 6.07) is 10.8. The summed E-state index contributed by atoms with van der Waals surface area (Å²) < 4.78 is 26.4. The molecular weight excluding hydrogens is 194 g/mol. The molecule has 0 saturated heterocycles. The summed E-state index contributed by atoms with van der Waals surface area (Å²) in [6.45, 7) is 3.54. The number of halogens is 2. The van der Waals surface area contributed by atoms with E-state index in [-0.39, 0.29) is 17.2 Å². The van der Waals surface area contributed by atoms with E-state index in [1.807, 2.05) is 0 Å². The Morgan fingerprint density at radius 1 is 0.867 bits per heavy atom. The van der Waals surface area contributed by atoms with Gasteiger partial charge in [0.1, 0.15) is 11.6 Å². The highest BCUT2D eigenvalue weighted by molar-refractivity contribution is 5.65. The lowest BCUT2D eigenvalue weighted by Crippen LogP contribution is -1.87. The molecule has 75 valence electrons. The maximum Gasteiger partial charge on any atom is 0.131 e. The Kier molecular flexibility index (Phi) is 2.50. The van der Waals surface area contributed by atoms with Crippen molar-refractivity contribution < 1.29 is 8.78 Å². The van der Waals surface area contributed by atoms with E-state index < -0.39 is 0 Å². The molecule has 0 spiro atoms. The lowest BCUT2D eigenvalue weighted by atomic mass is 10.0. The average Bonchev–Trinajstić information content (AvgIpc) is 2.23. The summed E-state index contributed by atoms with van der Waals surface area (Å²) in [4.78, 5) is 0. The van der Waals surface area contributed by atoms with Crippen LogP contribution in [-0.4, -0.2) is 0 Å². The Balaban J connectivity index is 2.55. The lowest BCUT2D eigenvalue weighted by Gasteiger charge is -2.04. The first-order valence-electron chi connectivity index (χ1n) is 4.55. The van der Waals surface area contributed by atoms with E-state index in [1.165, 1.54) is 18.2 Å². The molecule has 0 amide bonds. The first kappa shape index (κ1) is 9.84. The normalized spacial score (nSPS) is 10.3. The second-order valence-corrected chi connectivity index (χ2v) is 3.29. The zero-order valence-corrected chi connectivity index (χ0v) is 8.00. The Bertz CT molecular complexity index is 490. The lowest BCUT2D eigenvalue weighted by molar-refractivity contribution is 0.621. The van der Waals surface area contributed by atoms with Gasteiger partial charge in [0, 0.05) is 5.56 Å². The third-order valence-electron chi connectivity index (χ3n) is 2.23. The Morgan fingerprint density at radius 3 is 2.27 bits per heavy atom. The van der Waals surface area contributed by atoms with Crippen LogP contribution in [0.4, 0.5) is 8.78 Å². The minimum Gasteiger partial charge on any atom is -0.207 e. The maximum atomic E-state index is 13.4. The first-order valence-corrected chi connectivity index (χ1v) is 4.55. The summed E-state index contributed by atoms with van der Waals surface area (Å²) in [5.74, 6) is -0.696. The van der Waals surface area contributed by atoms with E-state index in [0.717, 1.165) is 0 Å². The molecule has 0 nitrogen and oxygen atoms in total. The van der Waals surface area contributed by atoms with Gasteiger partial charge in [-0.3, -0.25) is 0 Å². The highest BCUT2D eigenvalue weighted by atomic mass is 19.1. The smallest absolute Gasteiger partial charge is 0.131 e. The molecule has 2 aromatic carbocycles. The predicted molar refractivity (Wildman–Crippen MR) is 56.3 cm³/mol. The van der Waals surface area contributed by atoms with Crippen molar-refractivity contribution in [3.05, 3.63) is 66.6 Å². The van der Waals surface area contributed by atoms with Gasteiger partial charge in [-0.1, -0.05) is 24.3 Å². The number of hydrogen-bond acceptors (Lipinski definition) is 0. The zero-order valence-electron chi connectivity index (χ0n) is 8.00. The van der Waals surface area contributed by atoms with Crippen LogP contribution in [0.15, 0.2) is 42.5 Å². The largest absolute Gasteiger partial charge is 0.207 e. The molecule has 0 aliphatic heterocycles. The van der Waals surface area contributed by atoms with Gasteiger partial charge in [-0.2, -0.15) is 0 Å². The van der Waals surface area contributed by atoms with E-state index in [1.54, 1.807) is 24.3 Å². The molecular formula is C13H9F2. The van der Waals surface area contributed by atoms with Crippen LogP contribution in [0.5, 0.6) is 0 Å². The molecule has 0 N–H and O–H groups in total. The number of hydrogen-bond donors (Lipinski definition) is 0. The molecule has 0 aromatic heterocycles. The summed E-state index contributed by atoms with van der Waals surface area (Å²) >= 11 is 0. The van der Waals surface area contributed by atoms with Crippen molar-refractivity contribution in [3.63, 3.8) is 0 Å². The standard InChI is InChI=1S/C13H9F2/c1-9-8-10(6-7-12(9)14)11-4-2-3-5-13(11)15/h2-8H,1H2. The molecule has 0 unspecified atom stereocenters. The van der Waals surface area contributed by atoms with Crippen LogP contribution in [0.2, 0.25) is 0 Å². The minimum atomic E-state index is -0.380. The van der Waals surface area contributed by atoms with Crippen LogP contribution in [0.1, 0.15) is 5.56 Å². The fourth-order valence-corrected chi connectivity index (χ4v) is 1.44. The molecule has 1 radical (unpaired) electrons. The van der Waals surface area contributed by atoms with Gasteiger partial charge in [-0.15, -0.1) is 0 Å². The second-order valence-electron chi connectivity index (χ2n) is 3.29. The van der Waals surface area contributed by atoms with Crippen LogP contribution >= 0.6 is 0 Å². The van der Waals surface area contributed by atoms with Crippen LogP contribution < -0.4 is 0 Å². The highest BCUT2D eigenvalue weighted by Gasteiger charge is 2.05. The monoisotopic (exact) mass is 203 g/mol. The van der Waals surface area contributed by atoms with Crippen molar-refractivity contribution in [1.82, 2.24) is 0 Å². The number of rotatable bonds is 1. The molecule has 0 aliphatic rings. The van der Waals surface area contributed by atoms with E-state index in [9.17, 15) is 8.78 Å². The SMILES string of the molecule is [CH2]c1cc(-c2ccccc2F)ccc1F. The quantitative estimate of drug-likeness (QED) is 0.661. The molecule has 2 rings (SSSR count). The highest BCUT2D eigenvalue weighted by Crippen LogP contribution is 2.24. The van der Waals surface area contributed by atoms with Crippen molar-refractivity contribution in [1.29, 1.82) is 0 Å². The van der Waals surface area contributed by atoms with Gasteiger partial charge in [0.05, 0.1) is 0 Å². The zero-order chi connectivity index (χ0) is 10.8. The molecule has 15 heavy (non-hydrogen) atoms. The third-order valence-corrected chi connectivity index (χ3v) is 2.23. The molecule has 2 aromatic rings. The summed E-state index contributed by atoms with van der Waals surface area (Å²) in [5, 5.41) is 0. The molecule has 2 heteroatoms. The van der Waals surface area contributed by atoms with Crippen molar-refractivity contribution in [2.75, 3.05) is 0 Å². The fraction of sp³-hybridized carbons (Fsp3) is 0. The van der Waals surface area contributed by atoms with Gasteiger partial charge in [0.15, 0.2) is 0 Å². The van der Waals surface area contributed by atoms with Gasteiger partial charge in [-0.05, 0) is 36.2 Å². The third kappa shape index (κ3) is 1.89. The molecule has 0 atom stereocenters. The maximum absolute atomic E-state index is 13.4. The Labute approximate surface area is 87.2 Å². The van der Waals surface area contributed by atoms with Gasteiger partial charge in [0.2, 0.25) is 0 Å². The second kappa shape index (κ2) is 3.81. The average molecular weight is 203 g/mol. The fourth-order valence-electron chi connectivity index (χ4n) is 1.44. The Hall–Kier alpha value is -1.70. The summed E-state index contributed by atoms with van der Waals surface area (Å²) in [6.07, 6.45) is 0. The van der Waals surface area contributed by atoms with Crippen LogP contribution in [-0.2, 0) is 0 Å². The summed E-state index contributed by atoms with van der Waals surface area (Å²) in [7, 11) is 0. The molecule has 0 bridgehead atoms. The van der Waals surface area contributed by atoms with Gasteiger partial charge >= 0.3 is 0 Å².